The van der Waals surface area contributed by atoms with Gasteiger partial charge >= 0.3 is 0 Å². The highest BCUT2D eigenvalue weighted by molar-refractivity contribution is 5.93. The summed E-state index contributed by atoms with van der Waals surface area (Å²) in [6.07, 6.45) is 2.05. The van der Waals surface area contributed by atoms with Crippen LogP contribution in [-0.4, -0.2) is 23.9 Å². The SMILES string of the molecule is Cc1ccc(NC(=O)C2CCCN(Cc3ccccc3C)C2)c(C)c1. The Bertz CT molecular complexity index is 753. The van der Waals surface area contributed by atoms with Crippen LogP contribution in [0, 0.1) is 26.7 Å². The summed E-state index contributed by atoms with van der Waals surface area (Å²) in [7, 11) is 0. The molecular formula is C22H28N2O. The highest BCUT2D eigenvalue weighted by Crippen LogP contribution is 2.23. The number of rotatable bonds is 4. The zero-order valence-corrected chi connectivity index (χ0v) is 15.5. The third-order valence-electron chi connectivity index (χ3n) is 5.17. The van der Waals surface area contributed by atoms with Crippen molar-refractivity contribution in [1.29, 1.82) is 0 Å². The van der Waals surface area contributed by atoms with Gasteiger partial charge in [-0.25, -0.2) is 0 Å². The van der Waals surface area contributed by atoms with E-state index in [0.29, 0.717) is 0 Å². The van der Waals surface area contributed by atoms with Crippen molar-refractivity contribution < 1.29 is 4.79 Å². The van der Waals surface area contributed by atoms with E-state index in [9.17, 15) is 4.79 Å². The molecular weight excluding hydrogens is 308 g/mol. The fourth-order valence-corrected chi connectivity index (χ4v) is 3.63. The van der Waals surface area contributed by atoms with Gasteiger partial charge in [0.15, 0.2) is 0 Å². The average molecular weight is 336 g/mol. The molecule has 0 bridgehead atoms. The highest BCUT2D eigenvalue weighted by atomic mass is 16.1. The minimum atomic E-state index is 0.0680. The molecule has 132 valence electrons. The van der Waals surface area contributed by atoms with Crippen molar-refractivity contribution in [2.45, 2.75) is 40.2 Å². The summed E-state index contributed by atoms with van der Waals surface area (Å²) in [5, 5.41) is 3.14. The van der Waals surface area contributed by atoms with E-state index in [-0.39, 0.29) is 11.8 Å². The average Bonchev–Trinajstić information content (AvgIpc) is 2.60. The fourth-order valence-electron chi connectivity index (χ4n) is 3.63. The van der Waals surface area contributed by atoms with E-state index in [1.54, 1.807) is 0 Å². The van der Waals surface area contributed by atoms with Crippen molar-refractivity contribution in [1.82, 2.24) is 4.90 Å². The van der Waals surface area contributed by atoms with Crippen LogP contribution in [0.15, 0.2) is 42.5 Å². The van der Waals surface area contributed by atoms with Crippen LogP contribution in [0.25, 0.3) is 0 Å². The highest BCUT2D eigenvalue weighted by Gasteiger charge is 2.26. The Balaban J connectivity index is 1.62. The number of aryl methyl sites for hydroxylation is 3. The summed E-state index contributed by atoms with van der Waals surface area (Å²) in [5.74, 6) is 0.222. The van der Waals surface area contributed by atoms with Gasteiger partial charge in [-0.15, -0.1) is 0 Å². The van der Waals surface area contributed by atoms with E-state index >= 15 is 0 Å². The van der Waals surface area contributed by atoms with E-state index in [4.69, 9.17) is 0 Å². The van der Waals surface area contributed by atoms with Gasteiger partial charge in [0, 0.05) is 18.8 Å². The van der Waals surface area contributed by atoms with Gasteiger partial charge in [-0.2, -0.15) is 0 Å². The number of carbonyl (C=O) groups is 1. The van der Waals surface area contributed by atoms with Gasteiger partial charge < -0.3 is 5.32 Å². The van der Waals surface area contributed by atoms with Crippen LogP contribution in [0.3, 0.4) is 0 Å². The van der Waals surface area contributed by atoms with Crippen molar-refractivity contribution >= 4 is 11.6 Å². The van der Waals surface area contributed by atoms with Crippen molar-refractivity contribution in [3.63, 3.8) is 0 Å². The molecule has 0 saturated carbocycles. The van der Waals surface area contributed by atoms with Gasteiger partial charge in [-0.3, -0.25) is 9.69 Å². The first-order chi connectivity index (χ1) is 12.0. The molecule has 1 aliphatic rings. The second-order valence-corrected chi connectivity index (χ2v) is 7.31. The molecule has 1 saturated heterocycles. The number of hydrogen-bond acceptors (Lipinski definition) is 2. The summed E-state index contributed by atoms with van der Waals surface area (Å²) in [4.78, 5) is 15.1. The maximum atomic E-state index is 12.7. The Morgan fingerprint density at radius 3 is 2.68 bits per heavy atom. The monoisotopic (exact) mass is 336 g/mol. The lowest BCUT2D eigenvalue weighted by molar-refractivity contribution is -0.121. The molecule has 3 heteroatoms. The minimum Gasteiger partial charge on any atom is -0.326 e. The third kappa shape index (κ3) is 4.49. The molecule has 25 heavy (non-hydrogen) atoms. The first-order valence-electron chi connectivity index (χ1n) is 9.18. The number of piperidine rings is 1. The van der Waals surface area contributed by atoms with Gasteiger partial charge in [-0.1, -0.05) is 42.0 Å². The topological polar surface area (TPSA) is 32.3 Å². The van der Waals surface area contributed by atoms with Crippen LogP contribution < -0.4 is 5.32 Å². The van der Waals surface area contributed by atoms with E-state index in [1.807, 2.05) is 19.1 Å². The molecule has 1 atom stereocenters. The molecule has 1 unspecified atom stereocenters. The molecule has 3 rings (SSSR count). The predicted octanol–water partition coefficient (Wildman–Crippen LogP) is 4.46. The van der Waals surface area contributed by atoms with Crippen molar-refractivity contribution in [3.8, 4) is 0 Å². The first kappa shape index (κ1) is 17.7. The first-order valence-corrected chi connectivity index (χ1v) is 9.18. The number of benzene rings is 2. The number of hydrogen-bond donors (Lipinski definition) is 1. The van der Waals surface area contributed by atoms with E-state index < -0.39 is 0 Å². The summed E-state index contributed by atoms with van der Waals surface area (Å²) >= 11 is 0. The number of carbonyl (C=O) groups excluding carboxylic acids is 1. The lowest BCUT2D eigenvalue weighted by Crippen LogP contribution is -2.40. The molecule has 1 aliphatic heterocycles. The Hall–Kier alpha value is -2.13. The van der Waals surface area contributed by atoms with Crippen LogP contribution in [0.5, 0.6) is 0 Å². The van der Waals surface area contributed by atoms with E-state index in [0.717, 1.165) is 43.7 Å². The normalized spacial score (nSPS) is 18.1. The predicted molar refractivity (Wildman–Crippen MR) is 104 cm³/mol. The van der Waals surface area contributed by atoms with Crippen LogP contribution >= 0.6 is 0 Å². The molecule has 2 aromatic carbocycles. The Labute approximate surface area is 151 Å². The fraction of sp³-hybridized carbons (Fsp3) is 0.409. The Kier molecular flexibility index (Phi) is 5.54. The van der Waals surface area contributed by atoms with E-state index in [2.05, 4.69) is 54.4 Å². The molecule has 1 fully saturated rings. The molecule has 0 aliphatic carbocycles. The third-order valence-corrected chi connectivity index (χ3v) is 5.17. The van der Waals surface area contributed by atoms with E-state index in [1.165, 1.54) is 16.7 Å². The summed E-state index contributed by atoms with van der Waals surface area (Å²) in [5.41, 5.74) is 5.97. The van der Waals surface area contributed by atoms with Crippen molar-refractivity contribution in [2.75, 3.05) is 18.4 Å². The van der Waals surface area contributed by atoms with Crippen LogP contribution in [0.1, 0.15) is 35.1 Å². The standard InChI is InChI=1S/C22H28N2O/c1-16-10-11-21(18(3)13-16)23-22(25)20-9-6-12-24(15-20)14-19-8-5-4-7-17(19)2/h4-5,7-8,10-11,13,20H,6,9,12,14-15H2,1-3H3,(H,23,25). The summed E-state index contributed by atoms with van der Waals surface area (Å²) in [6.45, 7) is 9.12. The maximum Gasteiger partial charge on any atom is 0.228 e. The van der Waals surface area contributed by atoms with Gasteiger partial charge in [0.1, 0.15) is 0 Å². The van der Waals surface area contributed by atoms with Crippen molar-refractivity contribution in [2.24, 2.45) is 5.92 Å². The molecule has 1 N–H and O–H groups in total. The minimum absolute atomic E-state index is 0.0680. The molecule has 1 amide bonds. The van der Waals surface area contributed by atoms with Crippen LogP contribution in [0.2, 0.25) is 0 Å². The zero-order valence-electron chi connectivity index (χ0n) is 15.5. The second kappa shape index (κ2) is 7.83. The van der Waals surface area contributed by atoms with Gasteiger partial charge in [-0.05, 0) is 62.9 Å². The summed E-state index contributed by atoms with van der Waals surface area (Å²) in [6, 6.07) is 14.7. The Morgan fingerprint density at radius 2 is 1.92 bits per heavy atom. The molecule has 3 nitrogen and oxygen atoms in total. The number of amides is 1. The lowest BCUT2D eigenvalue weighted by Gasteiger charge is -2.32. The lowest BCUT2D eigenvalue weighted by atomic mass is 9.96. The smallest absolute Gasteiger partial charge is 0.228 e. The van der Waals surface area contributed by atoms with Crippen LogP contribution in [-0.2, 0) is 11.3 Å². The van der Waals surface area contributed by atoms with Crippen LogP contribution in [0.4, 0.5) is 5.69 Å². The maximum absolute atomic E-state index is 12.7. The molecule has 1 heterocycles. The van der Waals surface area contributed by atoms with Gasteiger partial charge in [0.05, 0.1) is 5.92 Å². The molecule has 2 aromatic rings. The number of likely N-dealkylation sites (tertiary alicyclic amines) is 1. The number of nitrogens with zero attached hydrogens (tertiary/aromatic N) is 1. The van der Waals surface area contributed by atoms with Crippen molar-refractivity contribution in [3.05, 3.63) is 64.7 Å². The quantitative estimate of drug-likeness (QED) is 0.894. The largest absolute Gasteiger partial charge is 0.326 e. The Morgan fingerprint density at radius 1 is 1.12 bits per heavy atom. The molecule has 0 radical (unpaired) electrons. The number of nitrogens with one attached hydrogen (secondary N) is 1. The summed E-state index contributed by atoms with van der Waals surface area (Å²) < 4.78 is 0. The van der Waals surface area contributed by atoms with Gasteiger partial charge in [0.2, 0.25) is 5.91 Å². The number of anilines is 1. The second-order valence-electron chi connectivity index (χ2n) is 7.31. The zero-order chi connectivity index (χ0) is 17.8. The molecule has 0 spiro atoms. The molecule has 0 aromatic heterocycles. The van der Waals surface area contributed by atoms with Gasteiger partial charge in [0.25, 0.3) is 0 Å².